The molecule has 0 bridgehead atoms. The molecule has 20 heavy (non-hydrogen) atoms. The Kier molecular flexibility index (Phi) is 5.64. The molecule has 0 aliphatic rings. The topological polar surface area (TPSA) is 12.0 Å². The van der Waals surface area contributed by atoms with Gasteiger partial charge in [-0.15, -0.1) is 0 Å². The fourth-order valence-corrected chi connectivity index (χ4v) is 2.68. The van der Waals surface area contributed by atoms with Crippen LogP contribution in [0.5, 0.6) is 0 Å². The molecule has 2 atom stereocenters. The molecule has 2 aromatic rings. The number of nitrogens with one attached hydrogen (secondary N) is 1. The molecule has 0 saturated carbocycles. The van der Waals surface area contributed by atoms with Crippen molar-refractivity contribution < 1.29 is 0 Å². The van der Waals surface area contributed by atoms with E-state index in [-0.39, 0.29) is 0 Å². The fourth-order valence-electron chi connectivity index (χ4n) is 2.29. The summed E-state index contributed by atoms with van der Waals surface area (Å²) in [6, 6.07) is 17.2. The molecule has 2 aromatic carbocycles. The van der Waals surface area contributed by atoms with Crippen molar-refractivity contribution in [2.24, 2.45) is 0 Å². The second-order valence-corrected chi connectivity index (χ2v) is 6.30. The normalized spacial score (nSPS) is 14.0. The number of rotatable bonds is 5. The van der Waals surface area contributed by atoms with Gasteiger partial charge in [0.05, 0.1) is 0 Å². The molecule has 1 N–H and O–H groups in total. The summed E-state index contributed by atoms with van der Waals surface area (Å²) >= 11 is 9.42. The largest absolute Gasteiger partial charge is 0.303 e. The molecule has 0 amide bonds. The minimum absolute atomic E-state index is 0.309. The van der Waals surface area contributed by atoms with Gasteiger partial charge in [-0.05, 0) is 48.7 Å². The predicted octanol–water partition coefficient (Wildman–Crippen LogP) is 5.90. The highest BCUT2D eigenvalue weighted by molar-refractivity contribution is 9.10. The first-order valence-electron chi connectivity index (χ1n) is 6.87. The van der Waals surface area contributed by atoms with Crippen LogP contribution in [0.1, 0.15) is 43.5 Å². The van der Waals surface area contributed by atoms with Crippen LogP contribution in [0.15, 0.2) is 53.0 Å². The maximum atomic E-state index is 5.95. The van der Waals surface area contributed by atoms with E-state index in [1.807, 2.05) is 12.1 Å². The van der Waals surface area contributed by atoms with Crippen LogP contribution in [-0.2, 0) is 0 Å². The molecule has 3 heteroatoms. The van der Waals surface area contributed by atoms with Crippen LogP contribution in [0.2, 0.25) is 5.02 Å². The Hall–Kier alpha value is -0.830. The second-order valence-electron chi connectivity index (χ2n) is 4.95. The van der Waals surface area contributed by atoms with Crippen LogP contribution >= 0.6 is 27.5 Å². The van der Waals surface area contributed by atoms with Crippen LogP contribution in [0, 0.1) is 0 Å². The summed E-state index contributed by atoms with van der Waals surface area (Å²) < 4.78 is 1.11. The van der Waals surface area contributed by atoms with Gasteiger partial charge in [0.2, 0.25) is 0 Å². The molecule has 0 aliphatic heterocycles. The summed E-state index contributed by atoms with van der Waals surface area (Å²) in [4.78, 5) is 0. The lowest BCUT2D eigenvalue weighted by molar-refractivity contribution is 0.456. The molecule has 106 valence electrons. The number of benzene rings is 2. The zero-order valence-electron chi connectivity index (χ0n) is 11.7. The van der Waals surface area contributed by atoms with E-state index < -0.39 is 0 Å². The second kappa shape index (κ2) is 7.26. The van der Waals surface area contributed by atoms with Crippen molar-refractivity contribution >= 4 is 27.5 Å². The van der Waals surface area contributed by atoms with Crippen molar-refractivity contribution in [3.05, 3.63) is 69.2 Å². The van der Waals surface area contributed by atoms with E-state index in [9.17, 15) is 0 Å². The third kappa shape index (κ3) is 4.08. The molecule has 2 rings (SSSR count). The van der Waals surface area contributed by atoms with E-state index in [2.05, 4.69) is 71.5 Å². The lowest BCUT2D eigenvalue weighted by atomic mass is 10.0. The van der Waals surface area contributed by atoms with E-state index >= 15 is 0 Å². The summed E-state index contributed by atoms with van der Waals surface area (Å²) in [6.07, 6.45) is 1.04. The Balaban J connectivity index is 2.09. The van der Waals surface area contributed by atoms with Gasteiger partial charge in [-0.25, -0.2) is 0 Å². The van der Waals surface area contributed by atoms with Gasteiger partial charge in [-0.2, -0.15) is 0 Å². The zero-order chi connectivity index (χ0) is 14.5. The molecule has 0 radical (unpaired) electrons. The summed E-state index contributed by atoms with van der Waals surface area (Å²) in [5.74, 6) is 0. The van der Waals surface area contributed by atoms with Gasteiger partial charge in [-0.1, -0.05) is 58.7 Å². The minimum atomic E-state index is 0.309. The highest BCUT2D eigenvalue weighted by atomic mass is 79.9. The molecule has 0 aliphatic carbocycles. The lowest BCUT2D eigenvalue weighted by Crippen LogP contribution is -2.24. The van der Waals surface area contributed by atoms with Crippen LogP contribution < -0.4 is 5.32 Å². The first-order chi connectivity index (χ1) is 9.60. The van der Waals surface area contributed by atoms with Crippen LogP contribution in [-0.4, -0.2) is 0 Å². The number of hydrogen-bond donors (Lipinski definition) is 1. The first-order valence-corrected chi connectivity index (χ1v) is 8.04. The van der Waals surface area contributed by atoms with E-state index in [0.717, 1.165) is 15.9 Å². The summed E-state index contributed by atoms with van der Waals surface area (Å²) in [6.45, 7) is 4.39. The van der Waals surface area contributed by atoms with Gasteiger partial charge < -0.3 is 5.32 Å². The maximum absolute atomic E-state index is 5.95. The number of hydrogen-bond acceptors (Lipinski definition) is 1. The average Bonchev–Trinajstić information content (AvgIpc) is 2.46. The van der Waals surface area contributed by atoms with Gasteiger partial charge in [0.25, 0.3) is 0 Å². The van der Waals surface area contributed by atoms with Crippen molar-refractivity contribution in [2.75, 3.05) is 0 Å². The highest BCUT2D eigenvalue weighted by Gasteiger charge is 2.13. The SMILES string of the molecule is CCC(NC(C)c1ccc(Br)cc1)c1ccc(Cl)cc1. The lowest BCUT2D eigenvalue weighted by Gasteiger charge is -2.23. The molecule has 0 aromatic heterocycles. The van der Waals surface area contributed by atoms with Crippen LogP contribution in [0.25, 0.3) is 0 Å². The van der Waals surface area contributed by atoms with Crippen molar-refractivity contribution in [1.82, 2.24) is 5.32 Å². The third-order valence-electron chi connectivity index (χ3n) is 3.50. The molecule has 0 heterocycles. The van der Waals surface area contributed by atoms with Gasteiger partial charge >= 0.3 is 0 Å². The molecule has 0 spiro atoms. The van der Waals surface area contributed by atoms with Gasteiger partial charge in [0.15, 0.2) is 0 Å². The van der Waals surface area contributed by atoms with Crippen molar-refractivity contribution in [1.29, 1.82) is 0 Å². The monoisotopic (exact) mass is 351 g/mol. The number of halogens is 2. The van der Waals surface area contributed by atoms with Crippen molar-refractivity contribution in [2.45, 2.75) is 32.4 Å². The maximum Gasteiger partial charge on any atom is 0.0406 e. The van der Waals surface area contributed by atoms with Crippen LogP contribution in [0.3, 0.4) is 0 Å². The van der Waals surface area contributed by atoms with Crippen LogP contribution in [0.4, 0.5) is 0 Å². The highest BCUT2D eigenvalue weighted by Crippen LogP contribution is 2.24. The molecular formula is C17H19BrClN. The smallest absolute Gasteiger partial charge is 0.0406 e. The Morgan fingerprint density at radius 2 is 1.55 bits per heavy atom. The standard InChI is InChI=1S/C17H19BrClN/c1-3-17(14-6-10-16(19)11-7-14)20-12(2)13-4-8-15(18)9-5-13/h4-12,17,20H,3H2,1-2H3. The predicted molar refractivity (Wildman–Crippen MR) is 90.2 cm³/mol. The van der Waals surface area contributed by atoms with Crippen molar-refractivity contribution in [3.63, 3.8) is 0 Å². The molecule has 2 unspecified atom stereocenters. The summed E-state index contributed by atoms with van der Waals surface area (Å²) in [7, 11) is 0. The third-order valence-corrected chi connectivity index (χ3v) is 4.28. The van der Waals surface area contributed by atoms with Gasteiger partial charge in [0.1, 0.15) is 0 Å². The molecular weight excluding hydrogens is 334 g/mol. The summed E-state index contributed by atoms with van der Waals surface area (Å²) in [5, 5.41) is 4.46. The summed E-state index contributed by atoms with van der Waals surface area (Å²) in [5.41, 5.74) is 2.57. The van der Waals surface area contributed by atoms with E-state index in [1.54, 1.807) is 0 Å². The quantitative estimate of drug-likeness (QED) is 0.706. The zero-order valence-corrected chi connectivity index (χ0v) is 14.1. The Labute approximate surface area is 134 Å². The average molecular weight is 353 g/mol. The molecule has 1 nitrogen and oxygen atoms in total. The van der Waals surface area contributed by atoms with Crippen molar-refractivity contribution in [3.8, 4) is 0 Å². The minimum Gasteiger partial charge on any atom is -0.303 e. The van der Waals surface area contributed by atoms with Gasteiger partial charge in [0, 0.05) is 21.6 Å². The van der Waals surface area contributed by atoms with E-state index in [0.29, 0.717) is 12.1 Å². The fraction of sp³-hybridized carbons (Fsp3) is 0.294. The molecule has 0 fully saturated rings. The Morgan fingerprint density at radius 1 is 1.00 bits per heavy atom. The first kappa shape index (κ1) is 15.6. The van der Waals surface area contributed by atoms with E-state index in [1.165, 1.54) is 11.1 Å². The van der Waals surface area contributed by atoms with E-state index in [4.69, 9.17) is 11.6 Å². The Morgan fingerprint density at radius 3 is 2.10 bits per heavy atom. The Bertz CT molecular complexity index is 536. The molecule has 0 saturated heterocycles. The van der Waals surface area contributed by atoms with Gasteiger partial charge in [-0.3, -0.25) is 0 Å².